The van der Waals surface area contributed by atoms with Crippen LogP contribution in [0, 0.1) is 0 Å². The summed E-state index contributed by atoms with van der Waals surface area (Å²) in [7, 11) is 3.15. The summed E-state index contributed by atoms with van der Waals surface area (Å²) in [6.07, 6.45) is 1.59. The summed E-state index contributed by atoms with van der Waals surface area (Å²) in [6.45, 7) is 0.633. The fourth-order valence-corrected chi connectivity index (χ4v) is 1.66. The molecule has 0 saturated carbocycles. The molecule has 2 N–H and O–H groups in total. The molecule has 0 amide bonds. The number of ether oxygens (including phenoxy) is 2. The maximum Gasteiger partial charge on any atom is 0.122 e. The Morgan fingerprint density at radius 3 is 2.18 bits per heavy atom. The lowest BCUT2D eigenvalue weighted by atomic mass is 10.0. The van der Waals surface area contributed by atoms with Crippen LogP contribution in [0.2, 0.25) is 0 Å². The fourth-order valence-electron chi connectivity index (χ4n) is 1.66. The Balaban J connectivity index is 2.73. The molecule has 0 aliphatic carbocycles. The highest BCUT2D eigenvalue weighted by Gasteiger charge is 2.12. The topological polar surface area (TPSA) is 64.4 Å². The number of rotatable bonds is 7. The molecule has 0 aliphatic heterocycles. The SMILES string of the molecule is COc1cc(OC)cc(C([O])CCCCN)c1. The molecule has 4 nitrogen and oxygen atoms in total. The van der Waals surface area contributed by atoms with Crippen molar-refractivity contribution in [1.82, 2.24) is 0 Å². The molecule has 4 heteroatoms. The van der Waals surface area contributed by atoms with Gasteiger partial charge in [-0.05, 0) is 43.5 Å². The number of hydrogen-bond donors (Lipinski definition) is 1. The zero-order chi connectivity index (χ0) is 12.7. The van der Waals surface area contributed by atoms with Gasteiger partial charge in [0, 0.05) is 6.07 Å². The van der Waals surface area contributed by atoms with Crippen molar-refractivity contribution in [2.75, 3.05) is 20.8 Å². The lowest BCUT2D eigenvalue weighted by Crippen LogP contribution is -2.01. The van der Waals surface area contributed by atoms with Gasteiger partial charge in [0.25, 0.3) is 0 Å². The van der Waals surface area contributed by atoms with E-state index in [1.165, 1.54) is 0 Å². The number of benzene rings is 1. The Hall–Kier alpha value is -1.26. The van der Waals surface area contributed by atoms with Crippen molar-refractivity contribution in [3.8, 4) is 11.5 Å². The minimum atomic E-state index is -0.745. The first-order chi connectivity index (χ1) is 8.21. The van der Waals surface area contributed by atoms with Gasteiger partial charge in [-0.15, -0.1) is 0 Å². The summed E-state index contributed by atoms with van der Waals surface area (Å²) < 4.78 is 10.3. The maximum atomic E-state index is 12.0. The van der Waals surface area contributed by atoms with Gasteiger partial charge in [-0.2, -0.15) is 0 Å². The first kappa shape index (κ1) is 13.8. The van der Waals surface area contributed by atoms with Crippen LogP contribution in [0.3, 0.4) is 0 Å². The van der Waals surface area contributed by atoms with E-state index in [0.717, 1.165) is 12.8 Å². The van der Waals surface area contributed by atoms with Crippen LogP contribution >= 0.6 is 0 Å². The van der Waals surface area contributed by atoms with Gasteiger partial charge in [0.2, 0.25) is 0 Å². The molecule has 0 aliphatic rings. The number of unbranched alkanes of at least 4 members (excludes halogenated alkanes) is 1. The molecule has 0 saturated heterocycles. The van der Waals surface area contributed by atoms with Crippen molar-refractivity contribution >= 4 is 0 Å². The monoisotopic (exact) mass is 238 g/mol. The highest BCUT2D eigenvalue weighted by atomic mass is 16.5. The van der Waals surface area contributed by atoms with E-state index in [1.54, 1.807) is 32.4 Å². The van der Waals surface area contributed by atoms with Crippen LogP contribution in [0.25, 0.3) is 0 Å². The molecule has 1 rings (SSSR count). The Bertz CT molecular complexity index is 319. The predicted octanol–water partition coefficient (Wildman–Crippen LogP) is 2.30. The van der Waals surface area contributed by atoms with Crippen molar-refractivity contribution < 1.29 is 14.6 Å². The summed E-state index contributed by atoms with van der Waals surface area (Å²) in [4.78, 5) is 0. The van der Waals surface area contributed by atoms with Crippen molar-refractivity contribution in [2.24, 2.45) is 5.73 Å². The van der Waals surface area contributed by atoms with Crippen LogP contribution in [0.5, 0.6) is 11.5 Å². The smallest absolute Gasteiger partial charge is 0.122 e. The first-order valence-corrected chi connectivity index (χ1v) is 5.80. The van der Waals surface area contributed by atoms with Crippen LogP contribution in [-0.2, 0) is 5.11 Å². The Labute approximate surface area is 102 Å². The standard InChI is InChI=1S/C13H20NO3/c1-16-11-7-10(8-12(9-11)17-2)13(15)5-3-4-6-14/h7-9,13H,3-6,14H2,1-2H3. The number of methoxy groups -OCH3 is 2. The van der Waals surface area contributed by atoms with E-state index in [4.69, 9.17) is 15.2 Å². The Kier molecular flexibility index (Phi) is 5.80. The average molecular weight is 238 g/mol. The van der Waals surface area contributed by atoms with Crippen molar-refractivity contribution in [1.29, 1.82) is 0 Å². The largest absolute Gasteiger partial charge is 0.497 e. The zero-order valence-corrected chi connectivity index (χ0v) is 10.4. The summed E-state index contributed by atoms with van der Waals surface area (Å²) in [5.74, 6) is 1.30. The second-order valence-corrected chi connectivity index (χ2v) is 3.92. The molecule has 17 heavy (non-hydrogen) atoms. The zero-order valence-electron chi connectivity index (χ0n) is 10.4. The van der Waals surface area contributed by atoms with E-state index in [2.05, 4.69) is 0 Å². The van der Waals surface area contributed by atoms with Gasteiger partial charge in [0.1, 0.15) is 17.6 Å². The van der Waals surface area contributed by atoms with E-state index in [0.29, 0.717) is 30.0 Å². The number of nitrogens with two attached hydrogens (primary N) is 1. The molecule has 0 aromatic heterocycles. The molecule has 0 spiro atoms. The molecule has 0 fully saturated rings. The van der Waals surface area contributed by atoms with Crippen LogP contribution in [0.4, 0.5) is 0 Å². The van der Waals surface area contributed by atoms with Crippen molar-refractivity contribution in [3.05, 3.63) is 23.8 Å². The van der Waals surface area contributed by atoms with Gasteiger partial charge < -0.3 is 15.2 Å². The molecule has 0 bridgehead atoms. The molecular weight excluding hydrogens is 218 g/mol. The molecule has 1 radical (unpaired) electrons. The van der Waals surface area contributed by atoms with Gasteiger partial charge in [-0.1, -0.05) is 0 Å². The molecule has 1 unspecified atom stereocenters. The normalized spacial score (nSPS) is 12.2. The summed E-state index contributed by atoms with van der Waals surface area (Å²) in [5.41, 5.74) is 6.11. The van der Waals surface area contributed by atoms with Gasteiger partial charge in [-0.25, -0.2) is 5.11 Å². The van der Waals surface area contributed by atoms with Gasteiger partial charge >= 0.3 is 0 Å². The molecule has 0 heterocycles. The van der Waals surface area contributed by atoms with Crippen LogP contribution < -0.4 is 15.2 Å². The third-order valence-electron chi connectivity index (χ3n) is 2.67. The molecular formula is C13H20NO3. The maximum absolute atomic E-state index is 12.0. The van der Waals surface area contributed by atoms with Crippen molar-refractivity contribution in [3.63, 3.8) is 0 Å². The second kappa shape index (κ2) is 7.14. The van der Waals surface area contributed by atoms with E-state index in [1.807, 2.05) is 0 Å². The van der Waals surface area contributed by atoms with Crippen LogP contribution in [0.15, 0.2) is 18.2 Å². The molecule has 95 valence electrons. The molecule has 1 aromatic rings. The third kappa shape index (κ3) is 4.24. The minimum absolute atomic E-state index is 0.591. The lowest BCUT2D eigenvalue weighted by Gasteiger charge is -2.12. The van der Waals surface area contributed by atoms with Crippen LogP contribution in [0.1, 0.15) is 30.9 Å². The van der Waals surface area contributed by atoms with Gasteiger partial charge in [0.05, 0.1) is 14.2 Å². The summed E-state index contributed by atoms with van der Waals surface area (Å²) in [5, 5.41) is 12.0. The van der Waals surface area contributed by atoms with E-state index in [-0.39, 0.29) is 0 Å². The Morgan fingerprint density at radius 2 is 1.71 bits per heavy atom. The highest BCUT2D eigenvalue weighted by Crippen LogP contribution is 2.28. The highest BCUT2D eigenvalue weighted by molar-refractivity contribution is 5.39. The lowest BCUT2D eigenvalue weighted by molar-refractivity contribution is 0.0785. The summed E-state index contributed by atoms with van der Waals surface area (Å²) >= 11 is 0. The van der Waals surface area contributed by atoms with E-state index >= 15 is 0 Å². The van der Waals surface area contributed by atoms with Crippen molar-refractivity contribution in [2.45, 2.75) is 25.4 Å². The molecule has 1 atom stereocenters. The third-order valence-corrected chi connectivity index (χ3v) is 2.67. The fraction of sp³-hybridized carbons (Fsp3) is 0.538. The minimum Gasteiger partial charge on any atom is -0.497 e. The van der Waals surface area contributed by atoms with E-state index in [9.17, 15) is 5.11 Å². The van der Waals surface area contributed by atoms with E-state index < -0.39 is 6.10 Å². The Morgan fingerprint density at radius 1 is 1.12 bits per heavy atom. The molecule has 1 aromatic carbocycles. The number of hydrogen-bond acceptors (Lipinski definition) is 3. The van der Waals surface area contributed by atoms with Gasteiger partial charge in [-0.3, -0.25) is 0 Å². The van der Waals surface area contributed by atoms with Gasteiger partial charge in [0.15, 0.2) is 0 Å². The second-order valence-electron chi connectivity index (χ2n) is 3.92. The van der Waals surface area contributed by atoms with Crippen LogP contribution in [-0.4, -0.2) is 20.8 Å². The first-order valence-electron chi connectivity index (χ1n) is 5.80. The quantitative estimate of drug-likeness (QED) is 0.741. The average Bonchev–Trinajstić information content (AvgIpc) is 2.38. The summed E-state index contributed by atoms with van der Waals surface area (Å²) in [6, 6.07) is 5.29. The predicted molar refractivity (Wildman–Crippen MR) is 65.9 cm³/mol.